The Balaban J connectivity index is 2.21. The number of esters is 1. The van der Waals surface area contributed by atoms with Gasteiger partial charge in [-0.25, -0.2) is 4.79 Å². The number of carbonyl (C=O) groups excluding carboxylic acids is 1. The van der Waals surface area contributed by atoms with Crippen molar-refractivity contribution in [3.63, 3.8) is 0 Å². The number of nitrogens with one attached hydrogen (secondary N) is 1. The second-order valence-electron chi connectivity index (χ2n) is 4.57. The minimum atomic E-state index is -2.14. The van der Waals surface area contributed by atoms with Gasteiger partial charge in [0.15, 0.2) is 6.23 Å². The largest absolute Gasteiger partial charge is 0.497 e. The monoisotopic (exact) mass is 373 g/mol. The maximum absolute atomic E-state index is 11.9. The third-order valence-electron chi connectivity index (χ3n) is 2.95. The molecule has 1 unspecified atom stereocenters. The van der Waals surface area contributed by atoms with E-state index in [1.165, 1.54) is 0 Å². The van der Waals surface area contributed by atoms with Crippen molar-refractivity contribution in [2.24, 2.45) is 0 Å². The number of hydrogen-bond donors (Lipinski definition) is 1. The lowest BCUT2D eigenvalue weighted by molar-refractivity contribution is -0.147. The van der Waals surface area contributed by atoms with E-state index in [0.29, 0.717) is 11.3 Å². The Labute approximate surface area is 149 Å². The Bertz CT molecular complexity index is 642. The third-order valence-corrected chi connectivity index (χ3v) is 3.41. The van der Waals surface area contributed by atoms with E-state index in [1.54, 1.807) is 43.5 Å². The minimum Gasteiger partial charge on any atom is -0.497 e. The maximum atomic E-state index is 11.9. The van der Waals surface area contributed by atoms with Gasteiger partial charge < -0.3 is 14.8 Å². The highest BCUT2D eigenvalue weighted by Crippen LogP contribution is 2.31. The predicted octanol–water partition coefficient (Wildman–Crippen LogP) is 4.72. The highest BCUT2D eigenvalue weighted by Gasteiger charge is 2.35. The average Bonchev–Trinajstić information content (AvgIpc) is 2.55. The number of hydrogen-bond acceptors (Lipinski definition) is 4. The smallest absolute Gasteiger partial charge is 0.360 e. The Morgan fingerprint density at radius 2 is 1.65 bits per heavy atom. The highest BCUT2D eigenvalue weighted by atomic mass is 35.6. The number of halogens is 3. The summed E-state index contributed by atoms with van der Waals surface area (Å²) in [6.45, 7) is 0. The van der Waals surface area contributed by atoms with Crippen LogP contribution >= 0.6 is 34.8 Å². The van der Waals surface area contributed by atoms with Gasteiger partial charge in [-0.3, -0.25) is 0 Å². The summed E-state index contributed by atoms with van der Waals surface area (Å²) >= 11 is 16.7. The summed E-state index contributed by atoms with van der Waals surface area (Å²) in [6.07, 6.45) is -0.798. The molecule has 0 aliphatic rings. The first-order valence-corrected chi connectivity index (χ1v) is 7.77. The number of carbonyl (C=O) groups is 1. The van der Waals surface area contributed by atoms with Crippen LogP contribution in [0.25, 0.3) is 0 Å². The molecule has 0 aliphatic carbocycles. The van der Waals surface area contributed by atoms with E-state index in [0.717, 1.165) is 5.69 Å². The molecule has 0 bridgehead atoms. The Hall–Kier alpha value is -1.62. The molecule has 2 aromatic rings. The first kappa shape index (κ1) is 17.7. The number of alkyl halides is 3. The topological polar surface area (TPSA) is 47.6 Å². The molecule has 23 heavy (non-hydrogen) atoms. The lowest BCUT2D eigenvalue weighted by atomic mass is 10.2. The molecule has 1 atom stereocenters. The van der Waals surface area contributed by atoms with Crippen LogP contribution in [0.3, 0.4) is 0 Å². The molecule has 0 amide bonds. The fourth-order valence-corrected chi connectivity index (χ4v) is 1.95. The van der Waals surface area contributed by atoms with Crippen LogP contribution in [-0.4, -0.2) is 16.9 Å². The molecule has 4 nitrogen and oxygen atoms in total. The van der Waals surface area contributed by atoms with E-state index >= 15 is 0 Å². The third kappa shape index (κ3) is 5.20. The molecule has 122 valence electrons. The first-order chi connectivity index (χ1) is 10.9. The molecule has 0 heterocycles. The normalized spacial score (nSPS) is 12.3. The SMILES string of the molecule is COc1ccc(NC(OC(=O)C(Cl)(Cl)Cl)c2ccccc2)cc1. The van der Waals surface area contributed by atoms with Crippen LogP contribution in [0.15, 0.2) is 54.6 Å². The number of rotatable bonds is 5. The second kappa shape index (κ2) is 7.77. The standard InChI is InChI=1S/C16H14Cl3NO3/c1-22-13-9-7-12(8-10-13)20-14(11-5-3-2-4-6-11)23-15(21)16(17,18)19/h2-10,14,20H,1H3. The van der Waals surface area contributed by atoms with Crippen molar-refractivity contribution in [3.05, 3.63) is 60.2 Å². The fraction of sp³-hybridized carbons (Fsp3) is 0.188. The molecule has 0 aromatic heterocycles. The molecule has 2 aromatic carbocycles. The van der Waals surface area contributed by atoms with Crippen LogP contribution in [-0.2, 0) is 9.53 Å². The predicted molar refractivity (Wildman–Crippen MR) is 92.2 cm³/mol. The molecule has 0 radical (unpaired) electrons. The first-order valence-electron chi connectivity index (χ1n) is 6.63. The number of benzene rings is 2. The Morgan fingerprint density at radius 3 is 2.17 bits per heavy atom. The molecular weight excluding hydrogens is 361 g/mol. The maximum Gasteiger partial charge on any atom is 0.360 e. The van der Waals surface area contributed by atoms with Gasteiger partial charge in [0.05, 0.1) is 7.11 Å². The van der Waals surface area contributed by atoms with E-state index in [-0.39, 0.29) is 0 Å². The average molecular weight is 375 g/mol. The van der Waals surface area contributed by atoms with Gasteiger partial charge in [-0.15, -0.1) is 0 Å². The van der Waals surface area contributed by atoms with Crippen molar-refractivity contribution in [2.75, 3.05) is 12.4 Å². The molecule has 0 aliphatic heterocycles. The summed E-state index contributed by atoms with van der Waals surface area (Å²) in [5.41, 5.74) is 1.43. The zero-order chi connectivity index (χ0) is 16.9. The van der Waals surface area contributed by atoms with Crippen LogP contribution in [0.5, 0.6) is 5.75 Å². The van der Waals surface area contributed by atoms with Gasteiger partial charge in [0, 0.05) is 11.3 Å². The number of methoxy groups -OCH3 is 1. The Kier molecular flexibility index (Phi) is 5.99. The molecule has 1 N–H and O–H groups in total. The van der Waals surface area contributed by atoms with E-state index < -0.39 is 16.0 Å². The van der Waals surface area contributed by atoms with Gasteiger partial charge in [-0.2, -0.15) is 0 Å². The van der Waals surface area contributed by atoms with Gasteiger partial charge in [0.2, 0.25) is 0 Å². The lowest BCUT2D eigenvalue weighted by Gasteiger charge is -2.22. The number of anilines is 1. The quantitative estimate of drug-likeness (QED) is 0.467. The van der Waals surface area contributed by atoms with Gasteiger partial charge in [0.1, 0.15) is 5.75 Å². The van der Waals surface area contributed by atoms with Gasteiger partial charge in [-0.1, -0.05) is 65.1 Å². The molecule has 0 saturated heterocycles. The van der Waals surface area contributed by atoms with Crippen molar-refractivity contribution in [3.8, 4) is 5.75 Å². The van der Waals surface area contributed by atoms with Crippen LogP contribution in [0.1, 0.15) is 11.8 Å². The molecule has 2 rings (SSSR count). The lowest BCUT2D eigenvalue weighted by Crippen LogP contribution is -2.27. The second-order valence-corrected chi connectivity index (χ2v) is 6.85. The molecule has 0 saturated carbocycles. The van der Waals surface area contributed by atoms with Gasteiger partial charge >= 0.3 is 5.97 Å². The van der Waals surface area contributed by atoms with E-state index in [9.17, 15) is 4.79 Å². The molecular formula is C16H14Cl3NO3. The molecule has 0 spiro atoms. The number of ether oxygens (including phenoxy) is 2. The van der Waals surface area contributed by atoms with E-state index in [4.69, 9.17) is 44.3 Å². The van der Waals surface area contributed by atoms with Crippen molar-refractivity contribution in [2.45, 2.75) is 10.0 Å². The molecule has 0 fully saturated rings. The zero-order valence-electron chi connectivity index (χ0n) is 12.1. The van der Waals surface area contributed by atoms with Crippen LogP contribution in [0, 0.1) is 0 Å². The van der Waals surface area contributed by atoms with Crippen molar-refractivity contribution < 1.29 is 14.3 Å². The van der Waals surface area contributed by atoms with Crippen molar-refractivity contribution in [1.82, 2.24) is 0 Å². The minimum absolute atomic E-state index is 0.713. The van der Waals surface area contributed by atoms with E-state index in [1.807, 2.05) is 18.2 Å². The summed E-state index contributed by atoms with van der Waals surface area (Å²) < 4.78 is 8.24. The summed E-state index contributed by atoms with van der Waals surface area (Å²) in [7, 11) is 1.58. The highest BCUT2D eigenvalue weighted by molar-refractivity contribution is 6.75. The summed E-state index contributed by atoms with van der Waals surface area (Å²) in [5.74, 6) is -0.248. The van der Waals surface area contributed by atoms with Gasteiger partial charge in [-0.05, 0) is 24.3 Å². The van der Waals surface area contributed by atoms with Gasteiger partial charge in [0.25, 0.3) is 3.79 Å². The van der Waals surface area contributed by atoms with E-state index in [2.05, 4.69) is 5.32 Å². The summed E-state index contributed by atoms with van der Waals surface area (Å²) in [5, 5.41) is 3.08. The van der Waals surface area contributed by atoms with Crippen LogP contribution in [0.2, 0.25) is 0 Å². The fourth-order valence-electron chi connectivity index (χ4n) is 1.82. The summed E-state index contributed by atoms with van der Waals surface area (Å²) in [4.78, 5) is 11.9. The molecule has 7 heteroatoms. The van der Waals surface area contributed by atoms with Crippen molar-refractivity contribution in [1.29, 1.82) is 0 Å². The Morgan fingerprint density at radius 1 is 1.04 bits per heavy atom. The summed E-state index contributed by atoms with van der Waals surface area (Å²) in [6, 6.07) is 16.2. The van der Waals surface area contributed by atoms with Crippen LogP contribution in [0.4, 0.5) is 5.69 Å². The zero-order valence-corrected chi connectivity index (χ0v) is 14.4. The van der Waals surface area contributed by atoms with Crippen molar-refractivity contribution >= 4 is 46.5 Å². The van der Waals surface area contributed by atoms with Crippen LogP contribution < -0.4 is 10.1 Å².